The van der Waals surface area contributed by atoms with Crippen LogP contribution in [0.5, 0.6) is 0 Å². The van der Waals surface area contributed by atoms with E-state index in [0.717, 1.165) is 5.92 Å². The molecule has 2 aliphatic carbocycles. The quantitative estimate of drug-likeness (QED) is 0.620. The molecule has 0 aromatic carbocycles. The first-order valence-corrected chi connectivity index (χ1v) is 7.11. The Morgan fingerprint density at radius 2 is 2.18 bits per heavy atom. The van der Waals surface area contributed by atoms with Crippen molar-refractivity contribution in [2.75, 3.05) is 0 Å². The van der Waals surface area contributed by atoms with E-state index in [4.69, 9.17) is 0 Å². The van der Waals surface area contributed by atoms with Gasteiger partial charge in [-0.3, -0.25) is 0 Å². The van der Waals surface area contributed by atoms with E-state index in [1.165, 1.54) is 38.5 Å². The van der Waals surface area contributed by atoms with Gasteiger partial charge in [0, 0.05) is 0 Å². The van der Waals surface area contributed by atoms with Crippen LogP contribution >= 0.6 is 0 Å². The molecule has 0 spiro atoms. The Bertz CT molecular complexity index is 341. The third-order valence-electron chi connectivity index (χ3n) is 3.82. The van der Waals surface area contributed by atoms with E-state index in [9.17, 15) is 0 Å². The fourth-order valence-corrected chi connectivity index (χ4v) is 2.90. The Morgan fingerprint density at radius 1 is 1.24 bits per heavy atom. The normalized spacial score (nSPS) is 25.5. The lowest BCUT2D eigenvalue weighted by atomic mass is 9.79. The van der Waals surface area contributed by atoms with Crippen LogP contribution in [-0.2, 0) is 0 Å². The molecule has 0 nitrogen and oxygen atoms in total. The molecule has 17 heavy (non-hydrogen) atoms. The van der Waals surface area contributed by atoms with E-state index in [0.29, 0.717) is 5.92 Å². The SMILES string of the molecule is CCCC(C1=CCCCC=C1)C1C=CC=CC1. The largest absolute Gasteiger partial charge is 0.0843 e. The van der Waals surface area contributed by atoms with Gasteiger partial charge in [0.2, 0.25) is 0 Å². The van der Waals surface area contributed by atoms with Crippen molar-refractivity contribution >= 4 is 0 Å². The minimum Gasteiger partial charge on any atom is -0.0843 e. The molecule has 2 aliphatic rings. The molecule has 0 saturated carbocycles. The summed E-state index contributed by atoms with van der Waals surface area (Å²) in [5.74, 6) is 1.45. The predicted octanol–water partition coefficient (Wildman–Crippen LogP) is 5.20. The summed E-state index contributed by atoms with van der Waals surface area (Å²) in [7, 11) is 0. The van der Waals surface area contributed by atoms with Crippen LogP contribution in [0.1, 0.15) is 45.4 Å². The van der Waals surface area contributed by atoms with Gasteiger partial charge in [0.1, 0.15) is 0 Å². The maximum Gasteiger partial charge on any atom is -0.00993 e. The van der Waals surface area contributed by atoms with Crippen molar-refractivity contribution in [2.24, 2.45) is 11.8 Å². The molecule has 2 rings (SSSR count). The van der Waals surface area contributed by atoms with Crippen molar-refractivity contribution in [1.29, 1.82) is 0 Å². The summed E-state index contributed by atoms with van der Waals surface area (Å²) in [4.78, 5) is 0. The molecule has 0 saturated heterocycles. The summed E-state index contributed by atoms with van der Waals surface area (Å²) in [6, 6.07) is 0. The van der Waals surface area contributed by atoms with Gasteiger partial charge in [-0.1, -0.05) is 55.9 Å². The summed E-state index contributed by atoms with van der Waals surface area (Å²) in [5.41, 5.74) is 1.59. The molecule has 2 unspecified atom stereocenters. The summed E-state index contributed by atoms with van der Waals surface area (Å²) in [5, 5.41) is 0. The third kappa shape index (κ3) is 3.46. The van der Waals surface area contributed by atoms with E-state index < -0.39 is 0 Å². The lowest BCUT2D eigenvalue weighted by Gasteiger charge is -2.26. The van der Waals surface area contributed by atoms with Crippen LogP contribution in [-0.4, -0.2) is 0 Å². The third-order valence-corrected chi connectivity index (χ3v) is 3.82. The van der Waals surface area contributed by atoms with Crippen LogP contribution in [0.3, 0.4) is 0 Å². The van der Waals surface area contributed by atoms with Gasteiger partial charge in [-0.15, -0.1) is 0 Å². The predicted molar refractivity (Wildman–Crippen MR) is 75.9 cm³/mol. The average molecular weight is 228 g/mol. The maximum absolute atomic E-state index is 2.48. The van der Waals surface area contributed by atoms with Gasteiger partial charge in [-0.05, 0) is 49.5 Å². The van der Waals surface area contributed by atoms with Gasteiger partial charge in [-0.2, -0.15) is 0 Å². The molecule has 92 valence electrons. The van der Waals surface area contributed by atoms with E-state index in [1.807, 2.05) is 0 Å². The van der Waals surface area contributed by atoms with Crippen molar-refractivity contribution < 1.29 is 0 Å². The molecule has 0 radical (unpaired) electrons. The second kappa shape index (κ2) is 6.64. The maximum atomic E-state index is 2.48. The Balaban J connectivity index is 2.12. The highest BCUT2D eigenvalue weighted by molar-refractivity contribution is 5.27. The smallest absolute Gasteiger partial charge is 0.00993 e. The van der Waals surface area contributed by atoms with Gasteiger partial charge >= 0.3 is 0 Å². The summed E-state index contributed by atoms with van der Waals surface area (Å²) < 4.78 is 0. The highest BCUT2D eigenvalue weighted by Crippen LogP contribution is 2.33. The Kier molecular flexibility index (Phi) is 4.85. The van der Waals surface area contributed by atoms with Crippen LogP contribution < -0.4 is 0 Å². The van der Waals surface area contributed by atoms with E-state index in [1.54, 1.807) is 5.57 Å². The first kappa shape index (κ1) is 12.4. The molecule has 0 heterocycles. The molecule has 0 amide bonds. The molecule has 0 N–H and O–H groups in total. The van der Waals surface area contributed by atoms with Crippen LogP contribution in [0, 0.1) is 11.8 Å². The zero-order valence-corrected chi connectivity index (χ0v) is 10.9. The first-order valence-electron chi connectivity index (χ1n) is 7.11. The zero-order valence-electron chi connectivity index (χ0n) is 10.9. The van der Waals surface area contributed by atoms with Gasteiger partial charge in [0.25, 0.3) is 0 Å². The molecule has 0 aliphatic heterocycles. The van der Waals surface area contributed by atoms with Gasteiger partial charge in [-0.25, -0.2) is 0 Å². The topological polar surface area (TPSA) is 0 Å². The summed E-state index contributed by atoms with van der Waals surface area (Å²) in [6.07, 6.45) is 24.0. The first-order chi connectivity index (χ1) is 8.42. The minimum absolute atomic E-state index is 0.717. The molecule has 0 aromatic rings. The molecule has 0 heteroatoms. The standard InChI is InChI=1S/C17H24/c1-2-10-17(16-13-8-5-9-14-16)15-11-6-3-4-7-12-15/h5-6,8-9,11-13,16-17H,2-4,7,10,14H2,1H3. The molecule has 0 aromatic heterocycles. The van der Waals surface area contributed by atoms with E-state index in [-0.39, 0.29) is 0 Å². The second-order valence-corrected chi connectivity index (χ2v) is 5.15. The average Bonchev–Trinajstić information content (AvgIpc) is 2.66. The van der Waals surface area contributed by atoms with E-state index >= 15 is 0 Å². The van der Waals surface area contributed by atoms with Crippen molar-refractivity contribution in [1.82, 2.24) is 0 Å². The van der Waals surface area contributed by atoms with Crippen LogP contribution in [0.2, 0.25) is 0 Å². The number of hydrogen-bond acceptors (Lipinski definition) is 0. The van der Waals surface area contributed by atoms with Crippen molar-refractivity contribution in [3.63, 3.8) is 0 Å². The molecule has 0 bridgehead atoms. The lowest BCUT2D eigenvalue weighted by molar-refractivity contribution is 0.426. The number of allylic oxidation sites excluding steroid dienone is 8. The minimum atomic E-state index is 0.717. The highest BCUT2D eigenvalue weighted by atomic mass is 14.3. The molecule has 0 fully saturated rings. The number of hydrogen-bond donors (Lipinski definition) is 0. The molecular weight excluding hydrogens is 204 g/mol. The van der Waals surface area contributed by atoms with Crippen molar-refractivity contribution in [2.45, 2.75) is 45.4 Å². The van der Waals surface area contributed by atoms with Crippen molar-refractivity contribution in [3.8, 4) is 0 Å². The van der Waals surface area contributed by atoms with Crippen LogP contribution in [0.15, 0.2) is 48.1 Å². The Morgan fingerprint density at radius 3 is 2.94 bits per heavy atom. The highest BCUT2D eigenvalue weighted by Gasteiger charge is 2.21. The van der Waals surface area contributed by atoms with Gasteiger partial charge in [0.15, 0.2) is 0 Å². The molecule has 2 atom stereocenters. The molecular formula is C17H24. The Labute approximate surface area is 106 Å². The van der Waals surface area contributed by atoms with Crippen LogP contribution in [0.4, 0.5) is 0 Å². The lowest BCUT2D eigenvalue weighted by Crippen LogP contribution is -2.15. The van der Waals surface area contributed by atoms with E-state index in [2.05, 4.69) is 49.5 Å². The summed E-state index contributed by atoms with van der Waals surface area (Å²) >= 11 is 0. The monoisotopic (exact) mass is 228 g/mol. The summed E-state index contributed by atoms with van der Waals surface area (Å²) in [6.45, 7) is 2.30. The van der Waals surface area contributed by atoms with Crippen molar-refractivity contribution in [3.05, 3.63) is 48.1 Å². The zero-order chi connectivity index (χ0) is 11.9. The second-order valence-electron chi connectivity index (χ2n) is 5.15. The fraction of sp³-hybridized carbons (Fsp3) is 0.529. The Hall–Kier alpha value is -1.04. The fourth-order valence-electron chi connectivity index (χ4n) is 2.90. The number of rotatable bonds is 4. The van der Waals surface area contributed by atoms with Gasteiger partial charge in [0.05, 0.1) is 0 Å². The van der Waals surface area contributed by atoms with Crippen LogP contribution in [0.25, 0.3) is 0 Å². The van der Waals surface area contributed by atoms with Gasteiger partial charge < -0.3 is 0 Å².